The van der Waals surface area contributed by atoms with Gasteiger partial charge >= 0.3 is 0 Å². The van der Waals surface area contributed by atoms with E-state index >= 15 is 0 Å². The maximum absolute atomic E-state index is 11.9. The number of carbonyl (C=O) groups is 2. The van der Waals surface area contributed by atoms with Crippen molar-refractivity contribution in [1.82, 2.24) is 0 Å². The molecule has 0 aliphatic heterocycles. The fourth-order valence-electron chi connectivity index (χ4n) is 1.94. The van der Waals surface area contributed by atoms with E-state index in [1.165, 1.54) is 11.6 Å². The SMILES string of the molecule is CC(C)=CCCC(=O)[C@H]1CC(=O)C(C)=C[C@@H]1O. The van der Waals surface area contributed by atoms with Gasteiger partial charge in [-0.1, -0.05) is 11.6 Å². The van der Waals surface area contributed by atoms with Crippen molar-refractivity contribution in [3.63, 3.8) is 0 Å². The number of hydrogen-bond donors (Lipinski definition) is 1. The number of allylic oxidation sites excluding steroid dienone is 3. The fourth-order valence-corrected chi connectivity index (χ4v) is 1.94. The molecule has 17 heavy (non-hydrogen) atoms. The summed E-state index contributed by atoms with van der Waals surface area (Å²) in [6.45, 7) is 5.64. The summed E-state index contributed by atoms with van der Waals surface area (Å²) >= 11 is 0. The van der Waals surface area contributed by atoms with E-state index in [4.69, 9.17) is 0 Å². The van der Waals surface area contributed by atoms with Crippen LogP contribution in [0.5, 0.6) is 0 Å². The molecule has 0 bridgehead atoms. The van der Waals surface area contributed by atoms with Gasteiger partial charge in [-0.15, -0.1) is 0 Å². The molecule has 1 aliphatic rings. The zero-order chi connectivity index (χ0) is 13.0. The summed E-state index contributed by atoms with van der Waals surface area (Å²) in [6.07, 6.45) is 3.92. The predicted octanol–water partition coefficient (Wildman–Crippen LogP) is 2.20. The summed E-state index contributed by atoms with van der Waals surface area (Å²) in [7, 11) is 0. The van der Waals surface area contributed by atoms with Crippen LogP contribution in [-0.2, 0) is 9.59 Å². The van der Waals surface area contributed by atoms with Crippen LogP contribution in [0.2, 0.25) is 0 Å². The molecule has 0 saturated heterocycles. The van der Waals surface area contributed by atoms with Crippen LogP contribution in [0.4, 0.5) is 0 Å². The summed E-state index contributed by atoms with van der Waals surface area (Å²) in [4.78, 5) is 23.4. The van der Waals surface area contributed by atoms with E-state index in [0.717, 1.165) is 0 Å². The van der Waals surface area contributed by atoms with E-state index in [1.807, 2.05) is 19.9 Å². The summed E-state index contributed by atoms with van der Waals surface area (Å²) < 4.78 is 0. The zero-order valence-electron chi connectivity index (χ0n) is 10.7. The maximum Gasteiger partial charge on any atom is 0.159 e. The van der Waals surface area contributed by atoms with Gasteiger partial charge in [-0.05, 0) is 38.8 Å². The van der Waals surface area contributed by atoms with Crippen LogP contribution in [0, 0.1) is 5.92 Å². The Kier molecular flexibility index (Phi) is 4.82. The van der Waals surface area contributed by atoms with Crippen LogP contribution >= 0.6 is 0 Å². The Morgan fingerprint density at radius 2 is 2.18 bits per heavy atom. The second-order valence-electron chi connectivity index (χ2n) is 4.86. The average Bonchev–Trinajstić information content (AvgIpc) is 2.22. The van der Waals surface area contributed by atoms with Gasteiger partial charge in [0.25, 0.3) is 0 Å². The van der Waals surface area contributed by atoms with Crippen molar-refractivity contribution in [2.45, 2.75) is 46.1 Å². The third-order valence-corrected chi connectivity index (χ3v) is 3.04. The van der Waals surface area contributed by atoms with Crippen LogP contribution < -0.4 is 0 Å². The molecule has 0 radical (unpaired) electrons. The van der Waals surface area contributed by atoms with Crippen molar-refractivity contribution in [2.24, 2.45) is 5.92 Å². The van der Waals surface area contributed by atoms with Crippen LogP contribution in [0.1, 0.15) is 40.0 Å². The molecular weight excluding hydrogens is 216 g/mol. The minimum absolute atomic E-state index is 0.0212. The molecule has 0 amide bonds. The Bertz CT molecular complexity index is 373. The second kappa shape index (κ2) is 5.92. The van der Waals surface area contributed by atoms with E-state index in [1.54, 1.807) is 6.92 Å². The van der Waals surface area contributed by atoms with Crippen molar-refractivity contribution < 1.29 is 14.7 Å². The van der Waals surface area contributed by atoms with Gasteiger partial charge in [0.2, 0.25) is 0 Å². The Morgan fingerprint density at radius 1 is 1.53 bits per heavy atom. The third-order valence-electron chi connectivity index (χ3n) is 3.04. The first-order valence-corrected chi connectivity index (χ1v) is 5.97. The minimum Gasteiger partial charge on any atom is -0.388 e. The van der Waals surface area contributed by atoms with E-state index < -0.39 is 12.0 Å². The molecule has 1 N–H and O–H groups in total. The molecular formula is C14H20O3. The largest absolute Gasteiger partial charge is 0.388 e. The highest BCUT2D eigenvalue weighted by atomic mass is 16.3. The molecule has 0 aromatic carbocycles. The number of carbonyl (C=O) groups excluding carboxylic acids is 2. The lowest BCUT2D eigenvalue weighted by molar-refractivity contribution is -0.130. The molecule has 0 fully saturated rings. The summed E-state index contributed by atoms with van der Waals surface area (Å²) in [5.41, 5.74) is 1.74. The molecule has 0 heterocycles. The standard InChI is InChI=1S/C14H20O3/c1-9(2)5-4-6-12(15)11-8-13(16)10(3)7-14(11)17/h5,7,11,14,17H,4,6,8H2,1-3H3/t11-,14+/m1/s1. The smallest absolute Gasteiger partial charge is 0.159 e. The molecule has 1 aliphatic carbocycles. The summed E-state index contributed by atoms with van der Waals surface area (Å²) in [6, 6.07) is 0. The molecule has 2 atom stereocenters. The molecule has 0 aromatic heterocycles. The molecule has 0 spiro atoms. The lowest BCUT2D eigenvalue weighted by atomic mass is 9.83. The molecule has 3 heteroatoms. The van der Waals surface area contributed by atoms with E-state index in [-0.39, 0.29) is 18.0 Å². The van der Waals surface area contributed by atoms with E-state index in [9.17, 15) is 14.7 Å². The summed E-state index contributed by atoms with van der Waals surface area (Å²) in [5.74, 6) is -0.597. The topological polar surface area (TPSA) is 54.4 Å². The number of rotatable bonds is 4. The Labute approximate surface area is 102 Å². The number of ketones is 2. The van der Waals surface area contributed by atoms with Crippen molar-refractivity contribution in [3.05, 3.63) is 23.3 Å². The highest BCUT2D eigenvalue weighted by molar-refractivity contribution is 5.99. The van der Waals surface area contributed by atoms with Crippen molar-refractivity contribution in [3.8, 4) is 0 Å². The lowest BCUT2D eigenvalue weighted by Crippen LogP contribution is -2.33. The molecule has 1 rings (SSSR count). The van der Waals surface area contributed by atoms with E-state index in [2.05, 4.69) is 0 Å². The Morgan fingerprint density at radius 3 is 2.76 bits per heavy atom. The van der Waals surface area contributed by atoms with Gasteiger partial charge in [0.15, 0.2) is 5.78 Å². The van der Waals surface area contributed by atoms with Gasteiger partial charge in [-0.25, -0.2) is 0 Å². The minimum atomic E-state index is -0.799. The van der Waals surface area contributed by atoms with Crippen LogP contribution in [-0.4, -0.2) is 22.8 Å². The van der Waals surface area contributed by atoms with Crippen molar-refractivity contribution in [2.75, 3.05) is 0 Å². The van der Waals surface area contributed by atoms with Crippen molar-refractivity contribution >= 4 is 11.6 Å². The highest BCUT2D eigenvalue weighted by Gasteiger charge is 2.31. The van der Waals surface area contributed by atoms with Gasteiger partial charge < -0.3 is 5.11 Å². The number of aliphatic hydroxyl groups excluding tert-OH is 1. The average molecular weight is 236 g/mol. The summed E-state index contributed by atoms with van der Waals surface area (Å²) in [5, 5.41) is 9.77. The van der Waals surface area contributed by atoms with Crippen LogP contribution in [0.3, 0.4) is 0 Å². The van der Waals surface area contributed by atoms with E-state index in [0.29, 0.717) is 18.4 Å². The Balaban J connectivity index is 2.59. The van der Waals surface area contributed by atoms with Gasteiger partial charge in [0, 0.05) is 12.8 Å². The first-order chi connectivity index (χ1) is 7.91. The number of Topliss-reactive ketones (excluding diaryl/α,β-unsaturated/α-hetero) is 2. The number of aliphatic hydroxyl groups is 1. The number of hydrogen-bond acceptors (Lipinski definition) is 3. The zero-order valence-corrected chi connectivity index (χ0v) is 10.7. The predicted molar refractivity (Wildman–Crippen MR) is 66.5 cm³/mol. The van der Waals surface area contributed by atoms with Crippen molar-refractivity contribution in [1.29, 1.82) is 0 Å². The first kappa shape index (κ1) is 13.8. The van der Waals surface area contributed by atoms with Crippen LogP contribution in [0.25, 0.3) is 0 Å². The quantitative estimate of drug-likeness (QED) is 0.761. The van der Waals surface area contributed by atoms with Gasteiger partial charge in [-0.2, -0.15) is 0 Å². The monoisotopic (exact) mass is 236 g/mol. The lowest BCUT2D eigenvalue weighted by Gasteiger charge is -2.23. The third kappa shape index (κ3) is 3.93. The molecule has 3 nitrogen and oxygen atoms in total. The highest BCUT2D eigenvalue weighted by Crippen LogP contribution is 2.23. The fraction of sp³-hybridized carbons (Fsp3) is 0.571. The van der Waals surface area contributed by atoms with Gasteiger partial charge in [0.1, 0.15) is 5.78 Å². The van der Waals surface area contributed by atoms with Crippen LogP contribution in [0.15, 0.2) is 23.3 Å². The maximum atomic E-state index is 11.9. The molecule has 0 unspecified atom stereocenters. The molecule has 94 valence electrons. The molecule has 0 aromatic rings. The second-order valence-corrected chi connectivity index (χ2v) is 4.86. The molecule has 0 saturated carbocycles. The first-order valence-electron chi connectivity index (χ1n) is 5.97. The Hall–Kier alpha value is -1.22. The normalized spacial score (nSPS) is 24.2. The van der Waals surface area contributed by atoms with Gasteiger partial charge in [0.05, 0.1) is 12.0 Å². The van der Waals surface area contributed by atoms with Gasteiger partial charge in [-0.3, -0.25) is 9.59 Å².